The molecule has 0 saturated heterocycles. The minimum Gasteiger partial charge on any atom is -0.464 e. The van der Waals surface area contributed by atoms with Gasteiger partial charge in [-0.2, -0.15) is 9.82 Å². The zero-order valence-electron chi connectivity index (χ0n) is 22.1. The summed E-state index contributed by atoms with van der Waals surface area (Å²) in [4.78, 5) is 30.3. The van der Waals surface area contributed by atoms with E-state index in [1.165, 1.54) is 6.20 Å². The predicted molar refractivity (Wildman–Crippen MR) is 147 cm³/mol. The Morgan fingerprint density at radius 3 is 2.64 bits per heavy atom. The lowest BCUT2D eigenvalue weighted by molar-refractivity contribution is -0.145. The SMILES string of the molecule is Cc1cc(C)c(S(=O)(=O)NC(CNC(=O)c2cccc3[nH]ncc23)C(=O)OCCCNC2=NCCN2)c(C)c1. The molecule has 1 unspecified atom stereocenters. The van der Waals surface area contributed by atoms with Gasteiger partial charge in [0.15, 0.2) is 5.96 Å². The van der Waals surface area contributed by atoms with Crippen molar-refractivity contribution in [3.63, 3.8) is 0 Å². The van der Waals surface area contributed by atoms with Crippen molar-refractivity contribution in [2.24, 2.45) is 4.99 Å². The Morgan fingerprint density at radius 2 is 1.92 bits per heavy atom. The largest absolute Gasteiger partial charge is 0.464 e. The lowest BCUT2D eigenvalue weighted by Gasteiger charge is -2.20. The molecule has 0 radical (unpaired) electrons. The molecule has 2 heterocycles. The van der Waals surface area contributed by atoms with Gasteiger partial charge in [0.25, 0.3) is 5.91 Å². The smallest absolute Gasteiger partial charge is 0.326 e. The van der Waals surface area contributed by atoms with Crippen molar-refractivity contribution < 1.29 is 22.7 Å². The Kier molecular flexibility index (Phi) is 8.82. The number of hydrogen-bond donors (Lipinski definition) is 5. The van der Waals surface area contributed by atoms with Crippen LogP contribution in [0.15, 0.2) is 46.4 Å². The topological polar surface area (TPSA) is 167 Å². The third-order valence-electron chi connectivity index (χ3n) is 6.18. The van der Waals surface area contributed by atoms with Crippen molar-refractivity contribution in [1.82, 2.24) is 30.9 Å². The van der Waals surface area contributed by atoms with Crippen LogP contribution in [0.1, 0.15) is 33.5 Å². The second-order valence-corrected chi connectivity index (χ2v) is 11.0. The molecule has 0 saturated carbocycles. The van der Waals surface area contributed by atoms with E-state index in [1.807, 2.05) is 6.92 Å². The van der Waals surface area contributed by atoms with Gasteiger partial charge in [-0.05, 0) is 50.5 Å². The molecular weight excluding hydrogens is 522 g/mol. The van der Waals surface area contributed by atoms with Crippen LogP contribution in [0.3, 0.4) is 0 Å². The van der Waals surface area contributed by atoms with Crippen molar-refractivity contribution in [2.75, 3.05) is 32.8 Å². The van der Waals surface area contributed by atoms with Gasteiger partial charge in [0, 0.05) is 25.0 Å². The number of H-pyrrole nitrogens is 1. The first kappa shape index (κ1) is 28.0. The maximum absolute atomic E-state index is 13.4. The summed E-state index contributed by atoms with van der Waals surface area (Å²) in [6.07, 6.45) is 2.01. The van der Waals surface area contributed by atoms with Crippen LogP contribution in [0.25, 0.3) is 10.9 Å². The molecule has 12 nitrogen and oxygen atoms in total. The van der Waals surface area contributed by atoms with E-state index in [-0.39, 0.29) is 18.0 Å². The van der Waals surface area contributed by atoms with Gasteiger partial charge in [-0.1, -0.05) is 23.8 Å². The van der Waals surface area contributed by atoms with E-state index in [0.29, 0.717) is 53.1 Å². The van der Waals surface area contributed by atoms with Gasteiger partial charge in [-0.25, -0.2) is 8.42 Å². The van der Waals surface area contributed by atoms with Crippen LogP contribution >= 0.6 is 0 Å². The highest BCUT2D eigenvalue weighted by Gasteiger charge is 2.30. The number of nitrogens with one attached hydrogen (secondary N) is 5. The summed E-state index contributed by atoms with van der Waals surface area (Å²) in [5, 5.41) is 16.2. The molecule has 0 aliphatic carbocycles. The summed E-state index contributed by atoms with van der Waals surface area (Å²) in [6.45, 7) is 7.03. The molecule has 3 aromatic rings. The van der Waals surface area contributed by atoms with Gasteiger partial charge in [0.1, 0.15) is 6.04 Å². The van der Waals surface area contributed by atoms with E-state index in [4.69, 9.17) is 4.74 Å². The second-order valence-electron chi connectivity index (χ2n) is 9.35. The summed E-state index contributed by atoms with van der Waals surface area (Å²) in [5.41, 5.74) is 3.05. The molecule has 1 amide bonds. The molecule has 1 aliphatic heterocycles. The Bertz CT molecular complexity index is 1480. The number of guanidine groups is 1. The highest BCUT2D eigenvalue weighted by atomic mass is 32.2. The fraction of sp³-hybridized carbons (Fsp3) is 0.385. The summed E-state index contributed by atoms with van der Waals surface area (Å²) >= 11 is 0. The molecular formula is C26H33N7O5S. The normalized spacial score (nSPS) is 14.0. The standard InChI is InChI=1S/C26H33N7O5S/c1-16-12-17(2)23(18(3)13-16)39(36,37)33-22(25(35)38-11-5-8-27-26-28-9-10-29-26)15-30-24(34)19-6-4-7-21-20(19)14-31-32-21/h4,6-7,12-14,22,33H,5,8-11,15H2,1-3H3,(H,30,34)(H,31,32)(H2,27,28,29). The number of sulfonamides is 1. The Balaban J connectivity index is 1.46. The third-order valence-corrected chi connectivity index (χ3v) is 7.96. The number of carbonyl (C=O) groups is 2. The fourth-order valence-electron chi connectivity index (χ4n) is 4.53. The van der Waals surface area contributed by atoms with Gasteiger partial charge in [-0.15, -0.1) is 0 Å². The first-order chi connectivity index (χ1) is 18.7. The van der Waals surface area contributed by atoms with E-state index >= 15 is 0 Å². The van der Waals surface area contributed by atoms with E-state index in [9.17, 15) is 18.0 Å². The molecule has 0 bridgehead atoms. The Hall–Kier alpha value is -3.97. The molecule has 4 rings (SSSR count). The van der Waals surface area contributed by atoms with E-state index in [2.05, 4.69) is 35.9 Å². The van der Waals surface area contributed by atoms with Gasteiger partial charge in [0.05, 0.1) is 35.3 Å². The number of nitrogens with zero attached hydrogens (tertiary/aromatic N) is 2. The molecule has 2 aromatic carbocycles. The van der Waals surface area contributed by atoms with Gasteiger partial charge in [0.2, 0.25) is 10.0 Å². The first-order valence-corrected chi connectivity index (χ1v) is 14.1. The molecule has 0 fully saturated rings. The maximum Gasteiger partial charge on any atom is 0.326 e. The quantitative estimate of drug-likeness (QED) is 0.173. The molecule has 39 heavy (non-hydrogen) atoms. The van der Waals surface area contributed by atoms with Gasteiger partial charge >= 0.3 is 5.97 Å². The number of ether oxygens (including phenoxy) is 1. The van der Waals surface area contributed by atoms with Crippen LogP contribution in [0.2, 0.25) is 0 Å². The Labute approximate surface area is 227 Å². The van der Waals surface area contributed by atoms with Crippen LogP contribution in [0, 0.1) is 20.8 Å². The highest BCUT2D eigenvalue weighted by molar-refractivity contribution is 7.89. The number of benzene rings is 2. The highest BCUT2D eigenvalue weighted by Crippen LogP contribution is 2.22. The second kappa shape index (κ2) is 12.3. The minimum atomic E-state index is -4.12. The summed E-state index contributed by atoms with van der Waals surface area (Å²) in [6, 6.07) is 7.28. The molecule has 1 aromatic heterocycles. The molecule has 1 atom stereocenters. The third kappa shape index (κ3) is 6.92. The van der Waals surface area contributed by atoms with Gasteiger partial charge < -0.3 is 20.7 Å². The lowest BCUT2D eigenvalue weighted by Crippen LogP contribution is -2.49. The number of aromatic nitrogens is 2. The number of amides is 1. The zero-order valence-corrected chi connectivity index (χ0v) is 22.9. The van der Waals surface area contributed by atoms with E-state index in [0.717, 1.165) is 12.1 Å². The van der Waals surface area contributed by atoms with Crippen LogP contribution < -0.4 is 20.7 Å². The van der Waals surface area contributed by atoms with Crippen molar-refractivity contribution in [3.05, 3.63) is 58.8 Å². The van der Waals surface area contributed by atoms with Crippen LogP contribution in [0.5, 0.6) is 0 Å². The number of carbonyl (C=O) groups excluding carboxylic acids is 2. The fourth-order valence-corrected chi connectivity index (χ4v) is 6.17. The number of rotatable bonds is 11. The molecule has 5 N–H and O–H groups in total. The van der Waals surface area contributed by atoms with Crippen LogP contribution in [-0.2, 0) is 19.6 Å². The molecule has 208 valence electrons. The first-order valence-electron chi connectivity index (χ1n) is 12.6. The summed E-state index contributed by atoms with van der Waals surface area (Å²) < 4.78 is 34.7. The van der Waals surface area contributed by atoms with Crippen molar-refractivity contribution >= 4 is 38.8 Å². The average Bonchev–Trinajstić information content (AvgIpc) is 3.57. The van der Waals surface area contributed by atoms with Crippen molar-refractivity contribution in [2.45, 2.75) is 38.1 Å². The average molecular weight is 556 g/mol. The monoisotopic (exact) mass is 555 g/mol. The number of aryl methyl sites for hydroxylation is 3. The summed E-state index contributed by atoms with van der Waals surface area (Å²) in [7, 11) is -4.12. The van der Waals surface area contributed by atoms with E-state index in [1.54, 1.807) is 44.2 Å². The molecule has 0 spiro atoms. The number of fused-ring (bicyclic) bond motifs is 1. The number of aromatic amines is 1. The lowest BCUT2D eigenvalue weighted by atomic mass is 10.1. The molecule has 13 heteroatoms. The van der Waals surface area contributed by atoms with Crippen molar-refractivity contribution in [1.29, 1.82) is 0 Å². The maximum atomic E-state index is 13.4. The predicted octanol–water partition coefficient (Wildman–Crippen LogP) is 1.05. The Morgan fingerprint density at radius 1 is 1.15 bits per heavy atom. The van der Waals surface area contributed by atoms with Crippen molar-refractivity contribution in [3.8, 4) is 0 Å². The summed E-state index contributed by atoms with van der Waals surface area (Å²) in [5.74, 6) is -0.568. The van der Waals surface area contributed by atoms with Crippen LogP contribution in [-0.4, -0.2) is 75.3 Å². The number of esters is 1. The minimum absolute atomic E-state index is 0.0577. The van der Waals surface area contributed by atoms with Gasteiger partial charge in [-0.3, -0.25) is 19.7 Å². The number of aliphatic imine (C=N–C) groups is 1. The molecule has 1 aliphatic rings. The zero-order chi connectivity index (χ0) is 28.0. The van der Waals surface area contributed by atoms with E-state index < -0.39 is 27.9 Å². The number of hydrogen-bond acceptors (Lipinski definition) is 9. The van der Waals surface area contributed by atoms with Crippen LogP contribution in [0.4, 0.5) is 0 Å².